The van der Waals surface area contributed by atoms with E-state index in [0.717, 1.165) is 40.0 Å². The third-order valence-corrected chi connectivity index (χ3v) is 5.20. The minimum atomic E-state index is -0.00452. The van der Waals surface area contributed by atoms with E-state index in [-0.39, 0.29) is 5.91 Å². The van der Waals surface area contributed by atoms with Gasteiger partial charge in [0, 0.05) is 24.9 Å². The molecule has 142 valence electrons. The molecule has 2 heterocycles. The van der Waals surface area contributed by atoms with Crippen molar-refractivity contribution in [3.63, 3.8) is 0 Å². The van der Waals surface area contributed by atoms with Gasteiger partial charge in [0.1, 0.15) is 0 Å². The first-order chi connectivity index (χ1) is 12.9. The van der Waals surface area contributed by atoms with Crippen molar-refractivity contribution in [3.8, 4) is 5.69 Å². The van der Waals surface area contributed by atoms with Gasteiger partial charge in [-0.15, -0.1) is 11.3 Å². The van der Waals surface area contributed by atoms with E-state index in [1.807, 2.05) is 62.8 Å². The van der Waals surface area contributed by atoms with Crippen molar-refractivity contribution in [2.45, 2.75) is 33.7 Å². The summed E-state index contributed by atoms with van der Waals surface area (Å²) in [5.41, 5.74) is 4.57. The van der Waals surface area contributed by atoms with Crippen LogP contribution in [0.5, 0.6) is 0 Å². The van der Waals surface area contributed by atoms with Crippen molar-refractivity contribution in [2.75, 3.05) is 18.9 Å². The molecule has 0 unspecified atom stereocenters. The zero-order valence-electron chi connectivity index (χ0n) is 16.2. The molecule has 0 aliphatic heterocycles. The number of aromatic nitrogens is 3. The number of rotatable bonds is 7. The van der Waals surface area contributed by atoms with Crippen LogP contribution in [0.25, 0.3) is 5.69 Å². The fourth-order valence-electron chi connectivity index (χ4n) is 2.97. The second-order valence-corrected chi connectivity index (χ2v) is 7.75. The minimum Gasteiger partial charge on any atom is -0.323 e. The average molecular weight is 384 g/mol. The fraction of sp³-hybridized carbons (Fsp3) is 0.350. The lowest BCUT2D eigenvalue weighted by molar-refractivity contribution is -0.116. The molecular weight excluding hydrogens is 358 g/mol. The van der Waals surface area contributed by atoms with Crippen molar-refractivity contribution < 1.29 is 4.79 Å². The predicted molar refractivity (Wildman–Crippen MR) is 109 cm³/mol. The summed E-state index contributed by atoms with van der Waals surface area (Å²) in [5, 5.41) is 10.7. The highest BCUT2D eigenvalue weighted by Gasteiger charge is 2.15. The highest BCUT2D eigenvalue weighted by Crippen LogP contribution is 2.22. The molecule has 2 aromatic heterocycles. The first-order valence-electron chi connectivity index (χ1n) is 8.95. The molecule has 0 bridgehead atoms. The summed E-state index contributed by atoms with van der Waals surface area (Å²) >= 11 is 1.65. The van der Waals surface area contributed by atoms with E-state index in [4.69, 9.17) is 0 Å². The molecule has 3 rings (SSSR count). The van der Waals surface area contributed by atoms with Crippen LogP contribution in [0.1, 0.15) is 28.5 Å². The first-order valence-corrected chi connectivity index (χ1v) is 9.83. The zero-order valence-corrected chi connectivity index (χ0v) is 17.0. The quantitative estimate of drug-likeness (QED) is 0.675. The molecule has 0 spiro atoms. The summed E-state index contributed by atoms with van der Waals surface area (Å²) in [6.45, 7) is 7.31. The number of nitrogens with one attached hydrogen (secondary N) is 1. The summed E-state index contributed by atoms with van der Waals surface area (Å²) in [6.07, 6.45) is 0.426. The van der Waals surface area contributed by atoms with Gasteiger partial charge in [-0.25, -0.2) is 9.67 Å². The van der Waals surface area contributed by atoms with E-state index in [1.165, 1.54) is 0 Å². The second-order valence-electron chi connectivity index (χ2n) is 6.69. The Balaban J connectivity index is 1.58. The normalized spacial score (nSPS) is 11.1. The Labute approximate surface area is 163 Å². The number of nitrogens with zero attached hydrogens (tertiary/aromatic N) is 4. The summed E-state index contributed by atoms with van der Waals surface area (Å²) in [4.78, 5) is 19.0. The van der Waals surface area contributed by atoms with Crippen LogP contribution in [-0.2, 0) is 11.3 Å². The summed E-state index contributed by atoms with van der Waals surface area (Å²) in [5.74, 6) is -0.00452. The van der Waals surface area contributed by atoms with Gasteiger partial charge in [0.05, 0.1) is 33.5 Å². The Morgan fingerprint density at radius 3 is 2.63 bits per heavy atom. The molecule has 0 saturated heterocycles. The molecule has 0 saturated carbocycles. The number of amides is 1. The monoisotopic (exact) mass is 383 g/mol. The van der Waals surface area contributed by atoms with Crippen molar-refractivity contribution >= 4 is 22.9 Å². The van der Waals surface area contributed by atoms with E-state index < -0.39 is 0 Å². The zero-order chi connectivity index (χ0) is 19.4. The molecule has 0 aliphatic carbocycles. The van der Waals surface area contributed by atoms with E-state index in [2.05, 4.69) is 25.7 Å². The molecule has 0 fully saturated rings. The maximum Gasteiger partial charge on any atom is 0.225 e. The third-order valence-electron chi connectivity index (χ3n) is 4.38. The molecule has 27 heavy (non-hydrogen) atoms. The summed E-state index contributed by atoms with van der Waals surface area (Å²) < 4.78 is 1.86. The number of hydrogen-bond donors (Lipinski definition) is 1. The maximum absolute atomic E-state index is 12.4. The van der Waals surface area contributed by atoms with Gasteiger partial charge in [-0.1, -0.05) is 18.2 Å². The molecule has 3 aromatic rings. The van der Waals surface area contributed by atoms with Crippen LogP contribution in [-0.4, -0.2) is 39.2 Å². The van der Waals surface area contributed by atoms with Crippen molar-refractivity contribution in [1.82, 2.24) is 19.7 Å². The van der Waals surface area contributed by atoms with Gasteiger partial charge in [-0.05, 0) is 40.0 Å². The van der Waals surface area contributed by atoms with Gasteiger partial charge in [-0.2, -0.15) is 5.10 Å². The average Bonchev–Trinajstić information content (AvgIpc) is 3.18. The van der Waals surface area contributed by atoms with Crippen LogP contribution >= 0.6 is 11.3 Å². The minimum absolute atomic E-state index is 0.00452. The van der Waals surface area contributed by atoms with Crippen LogP contribution in [0.4, 0.5) is 5.69 Å². The number of hydrogen-bond acceptors (Lipinski definition) is 5. The number of aryl methyl sites for hydroxylation is 2. The van der Waals surface area contributed by atoms with Crippen LogP contribution in [0, 0.1) is 20.8 Å². The van der Waals surface area contributed by atoms with E-state index in [9.17, 15) is 4.79 Å². The molecule has 1 N–H and O–H groups in total. The number of para-hydroxylation sites is 1. The van der Waals surface area contributed by atoms with E-state index in [1.54, 1.807) is 11.3 Å². The van der Waals surface area contributed by atoms with Gasteiger partial charge in [0.15, 0.2) is 0 Å². The van der Waals surface area contributed by atoms with Gasteiger partial charge < -0.3 is 10.2 Å². The lowest BCUT2D eigenvalue weighted by Gasteiger charge is -2.15. The van der Waals surface area contributed by atoms with Crippen LogP contribution < -0.4 is 5.32 Å². The smallest absolute Gasteiger partial charge is 0.225 e. The largest absolute Gasteiger partial charge is 0.323 e. The molecular formula is C20H25N5OS. The number of thiazole rings is 1. The second kappa shape index (κ2) is 8.45. The molecule has 1 aromatic carbocycles. The van der Waals surface area contributed by atoms with Crippen LogP contribution in [0.2, 0.25) is 0 Å². The van der Waals surface area contributed by atoms with E-state index in [0.29, 0.717) is 13.0 Å². The van der Waals surface area contributed by atoms with E-state index >= 15 is 0 Å². The summed E-state index contributed by atoms with van der Waals surface area (Å²) in [7, 11) is 2.01. The lowest BCUT2D eigenvalue weighted by Crippen LogP contribution is -2.24. The Morgan fingerprint density at radius 1 is 1.22 bits per heavy atom. The SMILES string of the molecule is Cc1nc(CN(C)CCC(=O)Nc2c(C)nn(-c3ccccc3)c2C)cs1. The number of benzene rings is 1. The first kappa shape index (κ1) is 19.3. The summed E-state index contributed by atoms with van der Waals surface area (Å²) in [6, 6.07) is 9.93. The fourth-order valence-corrected chi connectivity index (χ4v) is 3.58. The highest BCUT2D eigenvalue weighted by molar-refractivity contribution is 7.09. The Kier molecular flexibility index (Phi) is 6.03. The number of carbonyl (C=O) groups is 1. The standard InChI is InChI=1S/C20H25N5OS/c1-14-20(15(2)25(23-14)18-8-6-5-7-9-18)22-19(26)10-11-24(4)12-17-13-27-16(3)21-17/h5-9,13H,10-12H2,1-4H3,(H,22,26). The number of anilines is 1. The van der Waals surface area contributed by atoms with Gasteiger partial charge in [-0.3, -0.25) is 4.79 Å². The molecule has 0 atom stereocenters. The predicted octanol–water partition coefficient (Wildman–Crippen LogP) is 3.71. The van der Waals surface area contributed by atoms with Crippen molar-refractivity contribution in [3.05, 3.63) is 57.8 Å². The Morgan fingerprint density at radius 2 is 1.96 bits per heavy atom. The molecule has 0 aliphatic rings. The van der Waals surface area contributed by atoms with Crippen molar-refractivity contribution in [1.29, 1.82) is 0 Å². The highest BCUT2D eigenvalue weighted by atomic mass is 32.1. The van der Waals surface area contributed by atoms with Gasteiger partial charge in [0.25, 0.3) is 0 Å². The lowest BCUT2D eigenvalue weighted by atomic mass is 10.2. The Bertz CT molecular complexity index is 916. The van der Waals surface area contributed by atoms with Crippen LogP contribution in [0.3, 0.4) is 0 Å². The van der Waals surface area contributed by atoms with Crippen LogP contribution in [0.15, 0.2) is 35.7 Å². The maximum atomic E-state index is 12.4. The third kappa shape index (κ3) is 4.81. The Hall–Kier alpha value is -2.51. The molecule has 1 amide bonds. The molecule has 6 nitrogen and oxygen atoms in total. The van der Waals surface area contributed by atoms with Gasteiger partial charge in [0.2, 0.25) is 5.91 Å². The van der Waals surface area contributed by atoms with Crippen molar-refractivity contribution in [2.24, 2.45) is 0 Å². The number of carbonyl (C=O) groups excluding carboxylic acids is 1. The topological polar surface area (TPSA) is 63.1 Å². The molecule has 0 radical (unpaired) electrons. The molecule has 7 heteroatoms. The van der Waals surface area contributed by atoms with Gasteiger partial charge >= 0.3 is 0 Å².